The van der Waals surface area contributed by atoms with Crippen LogP contribution >= 0.6 is 0 Å². The Hall–Kier alpha value is -2.22. The van der Waals surface area contributed by atoms with E-state index in [1.54, 1.807) is 12.1 Å². The Bertz CT molecular complexity index is 725. The van der Waals surface area contributed by atoms with Gasteiger partial charge in [-0.3, -0.25) is 4.90 Å². The summed E-state index contributed by atoms with van der Waals surface area (Å²) in [6.45, 7) is 1.77. The van der Waals surface area contributed by atoms with Gasteiger partial charge in [0.1, 0.15) is 0 Å². The summed E-state index contributed by atoms with van der Waals surface area (Å²) in [4.78, 5) is 2.37. The number of hydrogen-bond donors (Lipinski definition) is 1. The van der Waals surface area contributed by atoms with E-state index in [9.17, 15) is 8.78 Å². The summed E-state index contributed by atoms with van der Waals surface area (Å²) in [6, 6.07) is 15.4. The maximum atomic E-state index is 12.7. The fourth-order valence-corrected chi connectivity index (χ4v) is 3.28. The van der Waals surface area contributed by atoms with Gasteiger partial charge in [0.15, 0.2) is 11.5 Å². The van der Waals surface area contributed by atoms with Crippen molar-refractivity contribution in [1.82, 2.24) is 10.2 Å². The predicted octanol–water partition coefficient (Wildman–Crippen LogP) is 3.46. The number of alkyl halides is 2. The molecule has 0 spiro atoms. The highest BCUT2D eigenvalue weighted by Crippen LogP contribution is 2.29. The number of morpholine rings is 1. The number of halogens is 2. The molecule has 0 amide bonds. The van der Waals surface area contributed by atoms with Gasteiger partial charge in [-0.15, -0.1) is 0 Å². The zero-order valence-corrected chi connectivity index (χ0v) is 15.9. The first-order chi connectivity index (χ1) is 13.7. The molecule has 152 valence electrons. The second kappa shape index (κ2) is 10.4. The highest BCUT2D eigenvalue weighted by Gasteiger charge is 2.18. The highest BCUT2D eigenvalue weighted by atomic mass is 19.3. The van der Waals surface area contributed by atoms with E-state index >= 15 is 0 Å². The van der Waals surface area contributed by atoms with Gasteiger partial charge in [0.25, 0.3) is 0 Å². The Balaban J connectivity index is 1.70. The number of nitrogens with one attached hydrogen (secondary N) is 1. The fraction of sp³-hybridized carbons (Fsp3) is 0.429. The number of ether oxygens (including phenoxy) is 3. The van der Waals surface area contributed by atoms with Crippen LogP contribution in [0, 0.1) is 0 Å². The lowest BCUT2D eigenvalue weighted by Gasteiger charge is -2.31. The zero-order chi connectivity index (χ0) is 19.8. The van der Waals surface area contributed by atoms with Crippen molar-refractivity contribution in [3.8, 4) is 11.5 Å². The first-order valence-electron chi connectivity index (χ1n) is 9.36. The average Bonchev–Trinajstić information content (AvgIpc) is 2.72. The van der Waals surface area contributed by atoms with Gasteiger partial charge in [0, 0.05) is 32.2 Å². The van der Waals surface area contributed by atoms with Crippen LogP contribution in [-0.2, 0) is 11.3 Å². The zero-order valence-electron chi connectivity index (χ0n) is 15.9. The van der Waals surface area contributed by atoms with Gasteiger partial charge in [0.05, 0.1) is 20.3 Å². The Kier molecular flexibility index (Phi) is 7.59. The molecule has 1 fully saturated rings. The van der Waals surface area contributed by atoms with Crippen molar-refractivity contribution in [2.24, 2.45) is 0 Å². The van der Waals surface area contributed by atoms with Crippen molar-refractivity contribution in [1.29, 1.82) is 0 Å². The van der Waals surface area contributed by atoms with Crippen LogP contribution in [0.1, 0.15) is 17.2 Å². The molecule has 2 aromatic rings. The van der Waals surface area contributed by atoms with E-state index in [0.717, 1.165) is 38.4 Å². The van der Waals surface area contributed by atoms with Crippen molar-refractivity contribution < 1.29 is 23.0 Å². The molecule has 1 aliphatic heterocycles. The van der Waals surface area contributed by atoms with Gasteiger partial charge in [0.2, 0.25) is 0 Å². The molecule has 0 aromatic heterocycles. The predicted molar refractivity (Wildman–Crippen MR) is 103 cm³/mol. The third-order valence-electron chi connectivity index (χ3n) is 4.74. The topological polar surface area (TPSA) is 43.0 Å². The maximum Gasteiger partial charge on any atom is 0.387 e. The summed E-state index contributed by atoms with van der Waals surface area (Å²) >= 11 is 0. The number of hydrogen-bond acceptors (Lipinski definition) is 5. The second-order valence-corrected chi connectivity index (χ2v) is 6.62. The molecule has 1 N–H and O–H groups in total. The number of methoxy groups -OCH3 is 1. The third-order valence-corrected chi connectivity index (χ3v) is 4.74. The van der Waals surface area contributed by atoms with E-state index in [1.807, 2.05) is 24.3 Å². The molecule has 7 heteroatoms. The molecule has 0 saturated carbocycles. The fourth-order valence-electron chi connectivity index (χ4n) is 3.28. The Morgan fingerprint density at radius 3 is 2.50 bits per heavy atom. The number of benzene rings is 2. The molecule has 5 nitrogen and oxygen atoms in total. The minimum atomic E-state index is -2.89. The molecule has 3 rings (SSSR count). The third kappa shape index (κ3) is 5.89. The smallest absolute Gasteiger partial charge is 0.387 e. The molecular formula is C21H26F2N2O3. The van der Waals surface area contributed by atoms with E-state index in [1.165, 1.54) is 12.7 Å². The van der Waals surface area contributed by atoms with Crippen molar-refractivity contribution in [3.05, 3.63) is 59.7 Å². The molecule has 0 radical (unpaired) electrons. The lowest BCUT2D eigenvalue weighted by atomic mass is 10.1. The average molecular weight is 392 g/mol. The molecular weight excluding hydrogens is 366 g/mol. The van der Waals surface area contributed by atoms with Crippen molar-refractivity contribution in [3.63, 3.8) is 0 Å². The van der Waals surface area contributed by atoms with Gasteiger partial charge in [-0.1, -0.05) is 36.4 Å². The van der Waals surface area contributed by atoms with E-state index < -0.39 is 6.61 Å². The van der Waals surface area contributed by atoms with Gasteiger partial charge >= 0.3 is 6.61 Å². The Morgan fingerprint density at radius 2 is 1.82 bits per heavy atom. The molecule has 1 atom stereocenters. The van der Waals surface area contributed by atoms with E-state index in [4.69, 9.17) is 9.47 Å². The van der Waals surface area contributed by atoms with Crippen LogP contribution in [0.5, 0.6) is 11.5 Å². The van der Waals surface area contributed by atoms with Gasteiger partial charge in [-0.25, -0.2) is 0 Å². The minimum absolute atomic E-state index is 0.0428. The molecule has 1 heterocycles. The first kappa shape index (κ1) is 20.5. The van der Waals surface area contributed by atoms with Crippen LogP contribution in [0.3, 0.4) is 0 Å². The van der Waals surface area contributed by atoms with Crippen LogP contribution in [0.2, 0.25) is 0 Å². The molecule has 0 unspecified atom stereocenters. The summed E-state index contributed by atoms with van der Waals surface area (Å²) < 4.78 is 40.4. The van der Waals surface area contributed by atoms with Gasteiger partial charge in [-0.05, 0) is 23.3 Å². The van der Waals surface area contributed by atoms with Crippen LogP contribution in [0.15, 0.2) is 48.5 Å². The lowest BCUT2D eigenvalue weighted by Crippen LogP contribution is -2.41. The molecule has 1 aliphatic rings. The van der Waals surface area contributed by atoms with Crippen molar-refractivity contribution in [2.75, 3.05) is 40.0 Å². The molecule has 28 heavy (non-hydrogen) atoms. The molecule has 1 saturated heterocycles. The van der Waals surface area contributed by atoms with E-state index in [2.05, 4.69) is 27.1 Å². The van der Waals surface area contributed by atoms with Crippen LogP contribution in [0.25, 0.3) is 0 Å². The highest BCUT2D eigenvalue weighted by molar-refractivity contribution is 5.43. The van der Waals surface area contributed by atoms with Gasteiger partial charge in [-0.2, -0.15) is 8.78 Å². The van der Waals surface area contributed by atoms with E-state index in [-0.39, 0.29) is 17.5 Å². The standard InChI is InChI=1S/C21H26F2N2O3/c1-26-19-8-7-16(13-20(19)28-21(22)23)14-24-18(17-5-3-2-4-6-17)15-25-9-11-27-12-10-25/h2-8,13,18,21,24H,9-12,14-15H2,1H3/t18-/m0/s1. The summed E-state index contributed by atoms with van der Waals surface area (Å²) in [5, 5.41) is 3.55. The van der Waals surface area contributed by atoms with Crippen LogP contribution < -0.4 is 14.8 Å². The van der Waals surface area contributed by atoms with Gasteiger partial charge < -0.3 is 19.5 Å². The molecule has 2 aromatic carbocycles. The first-order valence-corrected chi connectivity index (χ1v) is 9.36. The molecule has 0 aliphatic carbocycles. The maximum absolute atomic E-state index is 12.7. The van der Waals surface area contributed by atoms with Crippen molar-refractivity contribution >= 4 is 0 Å². The quantitative estimate of drug-likeness (QED) is 0.708. The number of rotatable bonds is 9. The molecule has 0 bridgehead atoms. The largest absolute Gasteiger partial charge is 0.493 e. The normalized spacial score (nSPS) is 16.1. The SMILES string of the molecule is COc1ccc(CN[C@@H](CN2CCOCC2)c2ccccc2)cc1OC(F)F. The monoisotopic (exact) mass is 392 g/mol. The van der Waals surface area contributed by atoms with E-state index in [0.29, 0.717) is 6.54 Å². The summed E-state index contributed by atoms with van der Waals surface area (Å²) in [5.74, 6) is 0.332. The summed E-state index contributed by atoms with van der Waals surface area (Å²) in [7, 11) is 1.43. The minimum Gasteiger partial charge on any atom is -0.493 e. The summed E-state index contributed by atoms with van der Waals surface area (Å²) in [5.41, 5.74) is 2.03. The lowest BCUT2D eigenvalue weighted by molar-refractivity contribution is -0.0512. The van der Waals surface area contributed by atoms with Crippen LogP contribution in [-0.4, -0.2) is 51.5 Å². The Labute approximate surface area is 164 Å². The second-order valence-electron chi connectivity index (χ2n) is 6.62. The van der Waals surface area contributed by atoms with Crippen LogP contribution in [0.4, 0.5) is 8.78 Å². The van der Waals surface area contributed by atoms with Crippen molar-refractivity contribution in [2.45, 2.75) is 19.2 Å². The Morgan fingerprint density at radius 1 is 1.07 bits per heavy atom. The number of nitrogens with zero attached hydrogens (tertiary/aromatic N) is 1. The summed E-state index contributed by atoms with van der Waals surface area (Å²) in [6.07, 6.45) is 0.